The van der Waals surface area contributed by atoms with Crippen molar-refractivity contribution in [1.29, 1.82) is 0 Å². The molecule has 0 aliphatic carbocycles. The lowest BCUT2D eigenvalue weighted by Gasteiger charge is -2.14. The molecule has 3 aromatic carbocycles. The molecule has 0 atom stereocenters. The lowest BCUT2D eigenvalue weighted by molar-refractivity contribution is 0.319. The zero-order chi connectivity index (χ0) is 19.6. The zero-order valence-corrected chi connectivity index (χ0v) is 17.8. The van der Waals surface area contributed by atoms with Crippen molar-refractivity contribution in [2.75, 3.05) is 5.32 Å². The number of aryl methyl sites for hydroxylation is 1. The Balaban J connectivity index is 1.95. The Morgan fingerprint density at radius 1 is 0.963 bits per heavy atom. The Labute approximate surface area is 176 Å². The Morgan fingerprint density at radius 3 is 2.41 bits per heavy atom. The SMILES string of the molecule is Cc1cc(Br)ccc1Nc1ccc(C(=NO)c2cccc(Cl)c2C)c(Cl)c1. The molecule has 6 heteroatoms. The van der Waals surface area contributed by atoms with Crippen LogP contribution in [0.4, 0.5) is 11.4 Å². The maximum absolute atomic E-state index is 9.61. The topological polar surface area (TPSA) is 44.6 Å². The van der Waals surface area contributed by atoms with Gasteiger partial charge in [-0.15, -0.1) is 0 Å². The van der Waals surface area contributed by atoms with Gasteiger partial charge < -0.3 is 10.5 Å². The van der Waals surface area contributed by atoms with Gasteiger partial charge in [0.05, 0.1) is 5.02 Å². The first-order chi connectivity index (χ1) is 12.9. The highest BCUT2D eigenvalue weighted by Gasteiger charge is 2.16. The lowest BCUT2D eigenvalue weighted by Crippen LogP contribution is -2.07. The summed E-state index contributed by atoms with van der Waals surface area (Å²) in [4.78, 5) is 0. The molecule has 3 rings (SSSR count). The highest BCUT2D eigenvalue weighted by molar-refractivity contribution is 9.10. The third-order valence-corrected chi connectivity index (χ3v) is 5.53. The lowest BCUT2D eigenvalue weighted by atomic mass is 9.98. The molecular weight excluding hydrogens is 447 g/mol. The monoisotopic (exact) mass is 462 g/mol. The third kappa shape index (κ3) is 4.29. The predicted molar refractivity (Wildman–Crippen MR) is 117 cm³/mol. The molecule has 138 valence electrons. The van der Waals surface area contributed by atoms with Gasteiger partial charge in [0.1, 0.15) is 5.71 Å². The van der Waals surface area contributed by atoms with E-state index in [1.807, 2.05) is 62.4 Å². The average Bonchev–Trinajstić information content (AvgIpc) is 2.63. The molecule has 0 saturated heterocycles. The summed E-state index contributed by atoms with van der Waals surface area (Å²) in [6.07, 6.45) is 0. The van der Waals surface area contributed by atoms with Crippen LogP contribution in [0.15, 0.2) is 64.2 Å². The third-order valence-electron chi connectivity index (χ3n) is 4.31. The molecule has 2 N–H and O–H groups in total. The van der Waals surface area contributed by atoms with E-state index in [1.54, 1.807) is 6.07 Å². The van der Waals surface area contributed by atoms with Crippen LogP contribution in [-0.4, -0.2) is 10.9 Å². The fourth-order valence-electron chi connectivity index (χ4n) is 2.82. The van der Waals surface area contributed by atoms with Crippen molar-refractivity contribution < 1.29 is 5.21 Å². The molecular formula is C21H17BrCl2N2O. The van der Waals surface area contributed by atoms with Crippen molar-refractivity contribution in [2.45, 2.75) is 13.8 Å². The van der Waals surface area contributed by atoms with Gasteiger partial charge in [-0.3, -0.25) is 0 Å². The van der Waals surface area contributed by atoms with Crippen molar-refractivity contribution >= 4 is 56.2 Å². The number of rotatable bonds is 4. The fourth-order valence-corrected chi connectivity index (χ4v) is 3.74. The summed E-state index contributed by atoms with van der Waals surface area (Å²) < 4.78 is 1.03. The number of oxime groups is 1. The standard InChI is InChI=1S/C21H17BrCl2N2O/c1-12-10-14(22)6-9-20(12)25-15-7-8-17(19(24)11-15)21(26-27)16-4-3-5-18(23)13(16)2/h3-11,25,27H,1-2H3. The van der Waals surface area contributed by atoms with Gasteiger partial charge in [0.25, 0.3) is 0 Å². The van der Waals surface area contributed by atoms with Crippen molar-refractivity contribution in [1.82, 2.24) is 0 Å². The van der Waals surface area contributed by atoms with Gasteiger partial charge in [-0.2, -0.15) is 0 Å². The second-order valence-corrected chi connectivity index (χ2v) is 7.87. The Hall–Kier alpha value is -2.01. The quantitative estimate of drug-likeness (QED) is 0.241. The smallest absolute Gasteiger partial charge is 0.118 e. The highest BCUT2D eigenvalue weighted by Crippen LogP contribution is 2.30. The summed E-state index contributed by atoms with van der Waals surface area (Å²) in [6.45, 7) is 3.91. The largest absolute Gasteiger partial charge is 0.410 e. The van der Waals surface area contributed by atoms with Crippen molar-refractivity contribution in [3.63, 3.8) is 0 Å². The van der Waals surface area contributed by atoms with Crippen molar-refractivity contribution in [3.8, 4) is 0 Å². The summed E-state index contributed by atoms with van der Waals surface area (Å²) >= 11 is 16.2. The maximum atomic E-state index is 9.61. The van der Waals surface area contributed by atoms with Gasteiger partial charge in [-0.1, -0.05) is 56.4 Å². The molecule has 0 saturated carbocycles. The van der Waals surface area contributed by atoms with Crippen LogP contribution >= 0.6 is 39.1 Å². The van der Waals surface area contributed by atoms with E-state index in [0.29, 0.717) is 21.3 Å². The fraction of sp³-hybridized carbons (Fsp3) is 0.0952. The molecule has 0 radical (unpaired) electrons. The van der Waals surface area contributed by atoms with Crippen LogP contribution < -0.4 is 5.32 Å². The van der Waals surface area contributed by atoms with E-state index in [-0.39, 0.29) is 0 Å². The van der Waals surface area contributed by atoms with Gasteiger partial charge in [0.2, 0.25) is 0 Å². The molecule has 3 nitrogen and oxygen atoms in total. The van der Waals surface area contributed by atoms with E-state index >= 15 is 0 Å². The molecule has 0 aromatic heterocycles. The van der Waals surface area contributed by atoms with Crippen LogP contribution in [-0.2, 0) is 0 Å². The second kappa shape index (κ2) is 8.34. The molecule has 0 aliphatic heterocycles. The first-order valence-corrected chi connectivity index (χ1v) is 9.76. The number of hydrogen-bond acceptors (Lipinski definition) is 3. The van der Waals surface area contributed by atoms with Crippen LogP contribution in [0.5, 0.6) is 0 Å². The Morgan fingerprint density at radius 2 is 1.74 bits per heavy atom. The minimum absolute atomic E-state index is 0.381. The summed E-state index contributed by atoms with van der Waals surface area (Å²) in [5.74, 6) is 0. The van der Waals surface area contributed by atoms with Crippen molar-refractivity contribution in [2.24, 2.45) is 5.16 Å². The summed E-state index contributed by atoms with van der Waals surface area (Å²) in [5, 5.41) is 17.5. The average molecular weight is 464 g/mol. The van der Waals surface area contributed by atoms with Gasteiger partial charge in [0.15, 0.2) is 0 Å². The van der Waals surface area contributed by atoms with Crippen LogP contribution in [0.3, 0.4) is 0 Å². The van der Waals surface area contributed by atoms with Gasteiger partial charge in [-0.05, 0) is 67.4 Å². The van der Waals surface area contributed by atoms with Crippen LogP contribution in [0.25, 0.3) is 0 Å². The number of hydrogen-bond donors (Lipinski definition) is 2. The van der Waals surface area contributed by atoms with Crippen LogP contribution in [0.2, 0.25) is 10.0 Å². The highest BCUT2D eigenvalue weighted by atomic mass is 79.9. The van der Waals surface area contributed by atoms with E-state index < -0.39 is 0 Å². The first-order valence-electron chi connectivity index (χ1n) is 8.21. The van der Waals surface area contributed by atoms with Crippen LogP contribution in [0, 0.1) is 13.8 Å². The Kier molecular flexibility index (Phi) is 6.10. The molecule has 0 fully saturated rings. The van der Waals surface area contributed by atoms with E-state index in [9.17, 15) is 5.21 Å². The number of benzene rings is 3. The molecule has 3 aromatic rings. The zero-order valence-electron chi connectivity index (χ0n) is 14.7. The summed E-state index contributed by atoms with van der Waals surface area (Å²) in [7, 11) is 0. The maximum Gasteiger partial charge on any atom is 0.118 e. The van der Waals surface area contributed by atoms with Gasteiger partial charge in [0, 0.05) is 32.0 Å². The minimum atomic E-state index is 0.381. The number of anilines is 2. The first kappa shape index (κ1) is 19.7. The molecule has 27 heavy (non-hydrogen) atoms. The number of halogens is 3. The molecule has 0 bridgehead atoms. The molecule has 0 unspecified atom stereocenters. The van der Waals surface area contributed by atoms with Gasteiger partial charge >= 0.3 is 0 Å². The van der Waals surface area contributed by atoms with Gasteiger partial charge in [-0.25, -0.2) is 0 Å². The van der Waals surface area contributed by atoms with Crippen molar-refractivity contribution in [3.05, 3.63) is 91.4 Å². The second-order valence-electron chi connectivity index (χ2n) is 6.14. The predicted octanol–water partition coefficient (Wildman–Crippen LogP) is 7.34. The van der Waals surface area contributed by atoms with Crippen LogP contribution in [0.1, 0.15) is 22.3 Å². The molecule has 0 amide bonds. The molecule has 0 aliphatic rings. The Bertz CT molecular complexity index is 1030. The normalized spacial score (nSPS) is 11.5. The van der Waals surface area contributed by atoms with E-state index in [4.69, 9.17) is 23.2 Å². The van der Waals surface area contributed by atoms with E-state index in [2.05, 4.69) is 26.4 Å². The van der Waals surface area contributed by atoms with E-state index in [1.165, 1.54) is 0 Å². The summed E-state index contributed by atoms with van der Waals surface area (Å²) in [5.41, 5.74) is 5.51. The number of nitrogens with zero attached hydrogens (tertiary/aromatic N) is 1. The molecule has 0 spiro atoms. The number of nitrogens with one attached hydrogen (secondary N) is 1. The van der Waals surface area contributed by atoms with E-state index in [0.717, 1.165) is 32.5 Å². The summed E-state index contributed by atoms with van der Waals surface area (Å²) in [6, 6.07) is 17.0. The minimum Gasteiger partial charge on any atom is -0.410 e. The molecule has 0 heterocycles.